The molecule has 0 rings (SSSR count). The van der Waals surface area contributed by atoms with E-state index in [9.17, 15) is 0 Å². The molecule has 2 nitrogen and oxygen atoms in total. The normalized spacial score (nSPS) is 10.5. The molecule has 0 radical (unpaired) electrons. The smallest absolute Gasteiger partial charge is 0.00484 e. The molecule has 0 heterocycles. The summed E-state index contributed by atoms with van der Waals surface area (Å²) in [6.45, 7) is 9.11. The third-order valence-electron chi connectivity index (χ3n) is 1.81. The largest absolute Gasteiger partial charge is 0.317 e. The lowest BCUT2D eigenvalue weighted by Gasteiger charge is -2.03. The Labute approximate surface area is 77.1 Å². The highest BCUT2D eigenvalue weighted by atomic mass is 14.9. The molecule has 74 valence electrons. The fourth-order valence-corrected chi connectivity index (χ4v) is 1.10. The van der Waals surface area contributed by atoms with Crippen molar-refractivity contribution >= 4 is 0 Å². The van der Waals surface area contributed by atoms with E-state index >= 15 is 0 Å². The molecule has 0 aromatic carbocycles. The zero-order valence-electron chi connectivity index (χ0n) is 8.66. The molecule has 0 unspecified atom stereocenters. The average molecular weight is 172 g/mol. The highest BCUT2D eigenvalue weighted by molar-refractivity contribution is 4.50. The van der Waals surface area contributed by atoms with Gasteiger partial charge in [-0.3, -0.25) is 0 Å². The zero-order chi connectivity index (χ0) is 9.07. The number of nitrogens with one attached hydrogen (secondary N) is 2. The average Bonchev–Trinajstić information content (AvgIpc) is 2.10. The lowest BCUT2D eigenvalue weighted by molar-refractivity contribution is 0.578. The summed E-state index contributed by atoms with van der Waals surface area (Å²) in [5, 5.41) is 6.80. The molecule has 0 aliphatic rings. The molecule has 0 aromatic heterocycles. The second kappa shape index (κ2) is 10.9. The van der Waals surface area contributed by atoms with Crippen LogP contribution in [0.5, 0.6) is 0 Å². The monoisotopic (exact) mass is 172 g/mol. The second-order valence-electron chi connectivity index (χ2n) is 3.21. The van der Waals surface area contributed by atoms with Crippen molar-refractivity contribution in [3.05, 3.63) is 0 Å². The Balaban J connectivity index is 2.73. The van der Waals surface area contributed by atoms with E-state index in [2.05, 4.69) is 24.5 Å². The first kappa shape index (κ1) is 11.9. The van der Waals surface area contributed by atoms with Gasteiger partial charge in [0.05, 0.1) is 0 Å². The maximum atomic E-state index is 3.40. The van der Waals surface area contributed by atoms with Gasteiger partial charge in [-0.1, -0.05) is 13.8 Å². The lowest BCUT2D eigenvalue weighted by atomic mass is 10.3. The number of rotatable bonds is 9. The van der Waals surface area contributed by atoms with Crippen molar-refractivity contribution in [3.8, 4) is 0 Å². The molecule has 0 saturated carbocycles. The predicted octanol–water partition coefficient (Wildman–Crippen LogP) is 1.77. The maximum Gasteiger partial charge on any atom is -0.00484 e. The van der Waals surface area contributed by atoms with E-state index in [0.717, 1.165) is 0 Å². The van der Waals surface area contributed by atoms with Gasteiger partial charge in [-0.15, -0.1) is 0 Å². The fraction of sp³-hybridized carbons (Fsp3) is 1.00. The minimum absolute atomic E-state index is 1.17. The topological polar surface area (TPSA) is 24.1 Å². The van der Waals surface area contributed by atoms with Crippen LogP contribution < -0.4 is 10.6 Å². The molecular weight excluding hydrogens is 148 g/mol. The van der Waals surface area contributed by atoms with Crippen molar-refractivity contribution in [1.29, 1.82) is 0 Å². The minimum Gasteiger partial charge on any atom is -0.317 e. The van der Waals surface area contributed by atoms with E-state index in [-0.39, 0.29) is 0 Å². The van der Waals surface area contributed by atoms with Crippen LogP contribution in [0.2, 0.25) is 0 Å². The van der Waals surface area contributed by atoms with Gasteiger partial charge in [-0.25, -0.2) is 0 Å². The first-order valence-corrected chi connectivity index (χ1v) is 5.33. The van der Waals surface area contributed by atoms with Gasteiger partial charge in [-0.05, 0) is 51.9 Å². The number of hydrogen-bond acceptors (Lipinski definition) is 2. The van der Waals surface area contributed by atoms with Crippen LogP contribution >= 0.6 is 0 Å². The first-order valence-electron chi connectivity index (χ1n) is 5.33. The number of hydrogen-bond donors (Lipinski definition) is 2. The summed E-state index contributed by atoms with van der Waals surface area (Å²) in [4.78, 5) is 0. The molecule has 0 atom stereocenters. The van der Waals surface area contributed by atoms with Crippen LogP contribution in [0.3, 0.4) is 0 Å². The maximum absolute atomic E-state index is 3.40. The molecule has 0 fully saturated rings. The molecule has 2 heteroatoms. The lowest BCUT2D eigenvalue weighted by Crippen LogP contribution is -2.19. The summed E-state index contributed by atoms with van der Waals surface area (Å²) in [6.07, 6.45) is 5.09. The summed E-state index contributed by atoms with van der Waals surface area (Å²) in [5.41, 5.74) is 0. The van der Waals surface area contributed by atoms with Gasteiger partial charge in [0.15, 0.2) is 0 Å². The molecule has 0 spiro atoms. The third kappa shape index (κ3) is 9.92. The van der Waals surface area contributed by atoms with Gasteiger partial charge < -0.3 is 10.6 Å². The zero-order valence-corrected chi connectivity index (χ0v) is 8.66. The van der Waals surface area contributed by atoms with Crippen molar-refractivity contribution < 1.29 is 0 Å². The highest BCUT2D eigenvalue weighted by Gasteiger charge is 1.87. The Morgan fingerprint density at radius 1 is 0.667 bits per heavy atom. The Morgan fingerprint density at radius 2 is 1.08 bits per heavy atom. The molecule has 0 bridgehead atoms. The molecular formula is C10H24N2. The Kier molecular flexibility index (Phi) is 10.8. The Morgan fingerprint density at radius 3 is 1.42 bits per heavy atom. The minimum atomic E-state index is 1.17. The van der Waals surface area contributed by atoms with E-state index in [1.165, 1.54) is 51.9 Å². The molecule has 0 aliphatic heterocycles. The van der Waals surface area contributed by atoms with Crippen molar-refractivity contribution in [2.45, 2.75) is 39.5 Å². The van der Waals surface area contributed by atoms with Crippen LogP contribution in [0.1, 0.15) is 39.5 Å². The fourth-order valence-electron chi connectivity index (χ4n) is 1.10. The van der Waals surface area contributed by atoms with Gasteiger partial charge in [0.25, 0.3) is 0 Å². The van der Waals surface area contributed by atoms with Crippen LogP contribution in [0, 0.1) is 0 Å². The Hall–Kier alpha value is -0.0800. The van der Waals surface area contributed by atoms with Crippen molar-refractivity contribution in [1.82, 2.24) is 10.6 Å². The molecule has 0 amide bonds. The van der Waals surface area contributed by atoms with E-state index in [1.54, 1.807) is 0 Å². The van der Waals surface area contributed by atoms with E-state index in [1.807, 2.05) is 0 Å². The van der Waals surface area contributed by atoms with Crippen molar-refractivity contribution in [3.63, 3.8) is 0 Å². The molecule has 0 aliphatic carbocycles. The summed E-state index contributed by atoms with van der Waals surface area (Å²) >= 11 is 0. The highest BCUT2D eigenvalue weighted by Crippen LogP contribution is 1.84. The van der Waals surface area contributed by atoms with E-state index in [0.29, 0.717) is 0 Å². The van der Waals surface area contributed by atoms with Gasteiger partial charge in [-0.2, -0.15) is 0 Å². The van der Waals surface area contributed by atoms with Crippen LogP contribution in [0.4, 0.5) is 0 Å². The van der Waals surface area contributed by atoms with Gasteiger partial charge in [0, 0.05) is 0 Å². The van der Waals surface area contributed by atoms with Gasteiger partial charge in [0.1, 0.15) is 0 Å². The number of unbranched alkanes of at least 4 members (excludes halogenated alkanes) is 1. The van der Waals surface area contributed by atoms with Crippen molar-refractivity contribution in [2.75, 3.05) is 26.2 Å². The van der Waals surface area contributed by atoms with Crippen LogP contribution in [-0.2, 0) is 0 Å². The van der Waals surface area contributed by atoms with Gasteiger partial charge >= 0.3 is 0 Å². The summed E-state index contributed by atoms with van der Waals surface area (Å²) in [7, 11) is 0. The van der Waals surface area contributed by atoms with Crippen LogP contribution in [0.15, 0.2) is 0 Å². The molecule has 0 saturated heterocycles. The Bertz CT molecular complexity index is 64.2. The van der Waals surface area contributed by atoms with Crippen LogP contribution in [0.25, 0.3) is 0 Å². The van der Waals surface area contributed by atoms with Crippen molar-refractivity contribution in [2.24, 2.45) is 0 Å². The standard InChI is InChI=1S/C10H24N2/c1-3-7-11-9-5-6-10-12-8-4-2/h11-12H,3-10H2,1-2H3. The van der Waals surface area contributed by atoms with E-state index < -0.39 is 0 Å². The quantitative estimate of drug-likeness (QED) is 0.518. The predicted molar refractivity (Wildman–Crippen MR) is 55.6 cm³/mol. The molecule has 2 N–H and O–H groups in total. The molecule has 12 heavy (non-hydrogen) atoms. The second-order valence-corrected chi connectivity index (χ2v) is 3.21. The summed E-state index contributed by atoms with van der Waals surface area (Å²) in [5.74, 6) is 0. The van der Waals surface area contributed by atoms with E-state index in [4.69, 9.17) is 0 Å². The summed E-state index contributed by atoms with van der Waals surface area (Å²) < 4.78 is 0. The third-order valence-corrected chi connectivity index (χ3v) is 1.81. The SMILES string of the molecule is CCCNCCCCNCCC. The van der Waals surface area contributed by atoms with Crippen LogP contribution in [-0.4, -0.2) is 26.2 Å². The van der Waals surface area contributed by atoms with Gasteiger partial charge in [0.2, 0.25) is 0 Å². The summed E-state index contributed by atoms with van der Waals surface area (Å²) in [6, 6.07) is 0. The molecule has 0 aromatic rings. The first-order chi connectivity index (χ1) is 5.91.